The van der Waals surface area contributed by atoms with Crippen LogP contribution in [0.1, 0.15) is 47.5 Å². The molecule has 0 amide bonds. The summed E-state index contributed by atoms with van der Waals surface area (Å²) in [5.74, 6) is 7.03. The highest BCUT2D eigenvalue weighted by molar-refractivity contribution is 5.14. The maximum atomic E-state index is 9.89. The van der Waals surface area contributed by atoms with Crippen molar-refractivity contribution >= 4 is 0 Å². The summed E-state index contributed by atoms with van der Waals surface area (Å²) < 4.78 is 0. The van der Waals surface area contributed by atoms with Crippen LogP contribution in [0.5, 0.6) is 0 Å². The summed E-state index contributed by atoms with van der Waals surface area (Å²) in [6.07, 6.45) is 1.42. The molecule has 0 aliphatic rings. The van der Waals surface area contributed by atoms with Crippen LogP contribution in [-0.2, 0) is 0 Å². The van der Waals surface area contributed by atoms with Gasteiger partial charge in [0.15, 0.2) is 0 Å². The molecule has 0 aromatic rings. The molecule has 0 aliphatic heterocycles. The van der Waals surface area contributed by atoms with Crippen LogP contribution in [0.4, 0.5) is 0 Å². The lowest BCUT2D eigenvalue weighted by molar-refractivity contribution is 0.0928. The molecule has 1 unspecified atom stereocenters. The van der Waals surface area contributed by atoms with Gasteiger partial charge in [-0.05, 0) is 18.8 Å². The van der Waals surface area contributed by atoms with Gasteiger partial charge in [0.1, 0.15) is 5.60 Å². The first-order chi connectivity index (χ1) is 5.95. The highest BCUT2D eigenvalue weighted by Crippen LogP contribution is 2.14. The van der Waals surface area contributed by atoms with E-state index < -0.39 is 5.60 Å². The van der Waals surface area contributed by atoms with Gasteiger partial charge in [-0.15, -0.1) is 0 Å². The van der Waals surface area contributed by atoms with Gasteiger partial charge in [-0.2, -0.15) is 0 Å². The monoisotopic (exact) mass is 182 g/mol. The third kappa shape index (κ3) is 4.33. The fourth-order valence-corrected chi connectivity index (χ4v) is 0.842. The van der Waals surface area contributed by atoms with E-state index >= 15 is 0 Å². The van der Waals surface area contributed by atoms with Crippen LogP contribution in [0.25, 0.3) is 0 Å². The predicted octanol–water partition coefficient (Wildman–Crippen LogP) is 2.83. The summed E-state index contributed by atoms with van der Waals surface area (Å²) in [7, 11) is 0. The van der Waals surface area contributed by atoms with E-state index in [1.807, 2.05) is 13.8 Å². The van der Waals surface area contributed by atoms with Gasteiger partial charge in [0.05, 0.1) is 0 Å². The summed E-state index contributed by atoms with van der Waals surface area (Å²) in [6, 6.07) is 0. The van der Waals surface area contributed by atoms with E-state index in [0.29, 0.717) is 24.7 Å². The van der Waals surface area contributed by atoms with Gasteiger partial charge >= 0.3 is 0 Å². The Labute approximate surface area is 82.5 Å². The number of hydrogen-bond acceptors (Lipinski definition) is 1. The Balaban J connectivity index is 4.37. The van der Waals surface area contributed by atoms with Crippen molar-refractivity contribution in [2.45, 2.75) is 53.1 Å². The van der Waals surface area contributed by atoms with E-state index in [2.05, 4.69) is 32.6 Å². The average molecular weight is 182 g/mol. The zero-order chi connectivity index (χ0) is 10.5. The Kier molecular flexibility index (Phi) is 5.10. The van der Waals surface area contributed by atoms with E-state index in [0.717, 1.165) is 0 Å². The molecular formula is C12H22O. The van der Waals surface area contributed by atoms with Gasteiger partial charge in [-0.25, -0.2) is 0 Å². The molecule has 0 aromatic heterocycles. The molecule has 0 saturated carbocycles. The molecule has 0 fully saturated rings. The second-order valence-electron chi connectivity index (χ2n) is 4.04. The molecule has 0 heterocycles. The van der Waals surface area contributed by atoms with Crippen LogP contribution < -0.4 is 0 Å². The topological polar surface area (TPSA) is 20.2 Å². The molecule has 1 heteroatoms. The molecule has 1 nitrogen and oxygen atoms in total. The van der Waals surface area contributed by atoms with E-state index in [1.165, 1.54) is 0 Å². The van der Waals surface area contributed by atoms with Crippen LogP contribution >= 0.6 is 0 Å². The Morgan fingerprint density at radius 1 is 1.15 bits per heavy atom. The van der Waals surface area contributed by atoms with E-state index in [-0.39, 0.29) is 0 Å². The molecule has 0 rings (SSSR count). The molecule has 0 radical (unpaired) electrons. The predicted molar refractivity (Wildman–Crippen MR) is 57.3 cm³/mol. The molecule has 1 atom stereocenters. The zero-order valence-electron chi connectivity index (χ0n) is 9.52. The van der Waals surface area contributed by atoms with Crippen molar-refractivity contribution in [2.24, 2.45) is 11.8 Å². The second-order valence-corrected chi connectivity index (χ2v) is 4.04. The standard InChI is InChI=1S/C12H22O/c1-6-12(13,7-2)9-8-11(5)10(3)4/h10-11,13H,6-7H2,1-5H3. The van der Waals surface area contributed by atoms with E-state index in [1.54, 1.807) is 0 Å². The van der Waals surface area contributed by atoms with Crippen molar-refractivity contribution < 1.29 is 5.11 Å². The van der Waals surface area contributed by atoms with Crippen LogP contribution in [0.15, 0.2) is 0 Å². The molecule has 1 N–H and O–H groups in total. The van der Waals surface area contributed by atoms with Gasteiger partial charge in [0, 0.05) is 5.92 Å². The van der Waals surface area contributed by atoms with E-state index in [9.17, 15) is 5.11 Å². The Hall–Kier alpha value is -0.480. The van der Waals surface area contributed by atoms with Gasteiger partial charge in [-0.1, -0.05) is 46.5 Å². The molecule has 0 spiro atoms. The summed E-state index contributed by atoms with van der Waals surface area (Å²) >= 11 is 0. The fraction of sp³-hybridized carbons (Fsp3) is 0.833. The van der Waals surface area contributed by atoms with Gasteiger partial charge in [0.25, 0.3) is 0 Å². The molecule has 76 valence electrons. The zero-order valence-corrected chi connectivity index (χ0v) is 9.52. The smallest absolute Gasteiger partial charge is 0.125 e. The van der Waals surface area contributed by atoms with Crippen LogP contribution in [-0.4, -0.2) is 10.7 Å². The number of aliphatic hydroxyl groups is 1. The largest absolute Gasteiger partial charge is 0.378 e. The summed E-state index contributed by atoms with van der Waals surface area (Å²) in [5.41, 5.74) is -0.761. The minimum Gasteiger partial charge on any atom is -0.378 e. The first-order valence-electron chi connectivity index (χ1n) is 5.20. The van der Waals surface area contributed by atoms with Gasteiger partial charge < -0.3 is 5.11 Å². The SMILES string of the molecule is CCC(O)(C#CC(C)C(C)C)CC. The van der Waals surface area contributed by atoms with Crippen LogP contribution in [0.2, 0.25) is 0 Å². The number of hydrogen-bond donors (Lipinski definition) is 1. The second kappa shape index (κ2) is 5.29. The summed E-state index contributed by atoms with van der Waals surface area (Å²) in [5, 5.41) is 9.89. The van der Waals surface area contributed by atoms with Crippen LogP contribution in [0.3, 0.4) is 0 Å². The quantitative estimate of drug-likeness (QED) is 0.665. The van der Waals surface area contributed by atoms with Crippen molar-refractivity contribution in [1.29, 1.82) is 0 Å². The lowest BCUT2D eigenvalue weighted by Crippen LogP contribution is -2.24. The maximum absolute atomic E-state index is 9.89. The molecule has 0 aromatic carbocycles. The molecule has 0 bridgehead atoms. The Morgan fingerprint density at radius 3 is 1.92 bits per heavy atom. The first kappa shape index (κ1) is 12.5. The average Bonchev–Trinajstić information content (AvgIpc) is 2.13. The highest BCUT2D eigenvalue weighted by atomic mass is 16.3. The van der Waals surface area contributed by atoms with Crippen molar-refractivity contribution in [3.63, 3.8) is 0 Å². The Morgan fingerprint density at radius 2 is 1.62 bits per heavy atom. The Bertz CT molecular complexity index is 191. The molecule has 0 saturated heterocycles. The molecule has 13 heavy (non-hydrogen) atoms. The van der Waals surface area contributed by atoms with Crippen molar-refractivity contribution in [3.05, 3.63) is 0 Å². The van der Waals surface area contributed by atoms with Crippen molar-refractivity contribution in [2.75, 3.05) is 0 Å². The summed E-state index contributed by atoms with van der Waals surface area (Å²) in [4.78, 5) is 0. The third-order valence-corrected chi connectivity index (χ3v) is 2.70. The first-order valence-corrected chi connectivity index (χ1v) is 5.20. The number of rotatable bonds is 3. The fourth-order valence-electron chi connectivity index (χ4n) is 0.842. The molecule has 0 aliphatic carbocycles. The van der Waals surface area contributed by atoms with Gasteiger partial charge in [-0.3, -0.25) is 0 Å². The van der Waals surface area contributed by atoms with E-state index in [4.69, 9.17) is 0 Å². The van der Waals surface area contributed by atoms with Gasteiger partial charge in [0.2, 0.25) is 0 Å². The van der Waals surface area contributed by atoms with Crippen LogP contribution in [0, 0.1) is 23.7 Å². The lowest BCUT2D eigenvalue weighted by atomic mass is 9.94. The minimum absolute atomic E-state index is 0.365. The maximum Gasteiger partial charge on any atom is 0.125 e. The third-order valence-electron chi connectivity index (χ3n) is 2.70. The minimum atomic E-state index is -0.761. The normalized spacial score (nSPS) is 13.8. The lowest BCUT2D eigenvalue weighted by Gasteiger charge is -2.18. The van der Waals surface area contributed by atoms with Crippen molar-refractivity contribution in [1.82, 2.24) is 0 Å². The van der Waals surface area contributed by atoms with Crippen molar-refractivity contribution in [3.8, 4) is 11.8 Å². The summed E-state index contributed by atoms with van der Waals surface area (Å²) in [6.45, 7) is 10.3. The molecular weight excluding hydrogens is 160 g/mol. The highest BCUT2D eigenvalue weighted by Gasteiger charge is 2.18.